The minimum atomic E-state index is -1.18. The van der Waals surface area contributed by atoms with Gasteiger partial charge in [0.15, 0.2) is 0 Å². The monoisotopic (exact) mass is 331 g/mol. The van der Waals surface area contributed by atoms with Gasteiger partial charge in [0.2, 0.25) is 5.76 Å². The van der Waals surface area contributed by atoms with Crippen LogP contribution in [0.2, 0.25) is 5.02 Å². The van der Waals surface area contributed by atoms with Gasteiger partial charge in [0.25, 0.3) is 0 Å². The number of halogens is 2. The maximum absolute atomic E-state index is 10.7. The van der Waals surface area contributed by atoms with Crippen molar-refractivity contribution < 1.29 is 19.2 Å². The molecule has 1 aromatic heterocycles. The lowest BCUT2D eigenvalue weighted by Gasteiger charge is -2.07. The molecule has 0 aliphatic rings. The minimum absolute atomic E-state index is 0.240. The van der Waals surface area contributed by atoms with Crippen LogP contribution in [0.1, 0.15) is 10.6 Å². The third-order valence-corrected chi connectivity index (χ3v) is 3.26. The highest BCUT2D eigenvalue weighted by Crippen LogP contribution is 2.38. The summed E-state index contributed by atoms with van der Waals surface area (Å²) in [6, 6.07) is 4.59. The summed E-state index contributed by atoms with van der Waals surface area (Å²) in [6.45, 7) is 0. The lowest BCUT2D eigenvalue weighted by atomic mass is 10.1. The van der Waals surface area contributed by atoms with Crippen LogP contribution in [0.5, 0.6) is 5.75 Å². The van der Waals surface area contributed by atoms with Gasteiger partial charge in [-0.05, 0) is 28.1 Å². The predicted molar refractivity (Wildman–Crippen MR) is 68.2 cm³/mol. The lowest BCUT2D eigenvalue weighted by molar-refractivity contribution is 0.0652. The zero-order chi connectivity index (χ0) is 13.3. The zero-order valence-corrected chi connectivity index (χ0v) is 11.4. The van der Waals surface area contributed by atoms with Crippen LogP contribution in [0.25, 0.3) is 11.3 Å². The van der Waals surface area contributed by atoms with Crippen LogP contribution >= 0.6 is 27.5 Å². The fourth-order valence-corrected chi connectivity index (χ4v) is 2.20. The molecule has 0 saturated carbocycles. The summed E-state index contributed by atoms with van der Waals surface area (Å²) in [4.78, 5) is 10.7. The number of benzene rings is 1. The van der Waals surface area contributed by atoms with Crippen molar-refractivity contribution >= 4 is 33.5 Å². The number of aromatic carboxylic acids is 1. The lowest BCUT2D eigenvalue weighted by Crippen LogP contribution is -1.91. The molecule has 5 nitrogen and oxygen atoms in total. The van der Waals surface area contributed by atoms with Crippen molar-refractivity contribution in [3.63, 3.8) is 0 Å². The van der Waals surface area contributed by atoms with Gasteiger partial charge in [0, 0.05) is 16.7 Å². The molecule has 0 radical (unpaired) electrons. The molecular formula is C11H7BrClNO4. The number of hydrogen-bond donors (Lipinski definition) is 1. The number of methoxy groups -OCH3 is 1. The molecule has 18 heavy (non-hydrogen) atoms. The van der Waals surface area contributed by atoms with E-state index in [-0.39, 0.29) is 5.76 Å². The number of carbonyl (C=O) groups is 1. The first-order valence-corrected chi connectivity index (χ1v) is 5.93. The number of nitrogens with zero attached hydrogens (tertiary/aromatic N) is 1. The number of rotatable bonds is 3. The second-order valence-corrected chi connectivity index (χ2v) is 4.58. The first-order chi connectivity index (χ1) is 8.52. The Morgan fingerprint density at radius 1 is 1.50 bits per heavy atom. The molecule has 1 N–H and O–H groups in total. The third-order valence-electron chi connectivity index (χ3n) is 2.22. The van der Waals surface area contributed by atoms with Gasteiger partial charge < -0.3 is 14.4 Å². The molecule has 1 aromatic carbocycles. The third kappa shape index (κ3) is 2.34. The molecular weight excluding hydrogens is 325 g/mol. The van der Waals surface area contributed by atoms with E-state index in [1.165, 1.54) is 13.2 Å². The van der Waals surface area contributed by atoms with E-state index in [1.54, 1.807) is 12.1 Å². The van der Waals surface area contributed by atoms with Crippen LogP contribution < -0.4 is 4.74 Å². The second-order valence-electron chi connectivity index (χ2n) is 3.35. The number of hydrogen-bond acceptors (Lipinski definition) is 4. The Morgan fingerprint density at radius 3 is 2.78 bits per heavy atom. The average Bonchev–Trinajstić information content (AvgIpc) is 2.81. The molecule has 0 unspecified atom stereocenters. The molecule has 0 aliphatic heterocycles. The minimum Gasteiger partial charge on any atom is -0.495 e. The molecule has 0 spiro atoms. The Labute approximate surface area is 115 Å². The first-order valence-electron chi connectivity index (χ1n) is 4.76. The molecule has 7 heteroatoms. The topological polar surface area (TPSA) is 72.6 Å². The van der Waals surface area contributed by atoms with E-state index in [0.717, 1.165) is 0 Å². The number of carboxylic acids is 1. The van der Waals surface area contributed by atoms with Crippen LogP contribution in [-0.2, 0) is 0 Å². The second kappa shape index (κ2) is 4.99. The van der Waals surface area contributed by atoms with Gasteiger partial charge in [-0.1, -0.05) is 16.8 Å². The van der Waals surface area contributed by atoms with Crippen LogP contribution in [0.15, 0.2) is 27.2 Å². The highest BCUT2D eigenvalue weighted by molar-refractivity contribution is 9.10. The summed E-state index contributed by atoms with van der Waals surface area (Å²) in [5, 5.41) is 12.9. The van der Waals surface area contributed by atoms with Crippen LogP contribution in [0, 0.1) is 0 Å². The quantitative estimate of drug-likeness (QED) is 0.932. The molecule has 0 amide bonds. The van der Waals surface area contributed by atoms with Gasteiger partial charge in [-0.3, -0.25) is 0 Å². The Kier molecular flexibility index (Phi) is 3.58. The Balaban J connectivity index is 2.55. The summed E-state index contributed by atoms with van der Waals surface area (Å²) in [6.07, 6.45) is 0. The van der Waals surface area contributed by atoms with Crippen LogP contribution in [0.3, 0.4) is 0 Å². The number of ether oxygens (including phenoxy) is 1. The highest BCUT2D eigenvalue weighted by atomic mass is 79.9. The molecule has 0 atom stereocenters. The van der Waals surface area contributed by atoms with E-state index in [0.29, 0.717) is 26.5 Å². The maximum Gasteiger partial charge on any atom is 0.374 e. The van der Waals surface area contributed by atoms with E-state index in [1.807, 2.05) is 0 Å². The predicted octanol–water partition coefficient (Wildman–Crippen LogP) is 3.46. The first kappa shape index (κ1) is 12.9. The smallest absolute Gasteiger partial charge is 0.374 e. The van der Waals surface area contributed by atoms with Gasteiger partial charge in [0.05, 0.1) is 11.6 Å². The summed E-state index contributed by atoms with van der Waals surface area (Å²) >= 11 is 9.29. The van der Waals surface area contributed by atoms with Gasteiger partial charge >= 0.3 is 5.97 Å². The molecule has 2 aromatic rings. The Morgan fingerprint density at radius 2 is 2.22 bits per heavy atom. The van der Waals surface area contributed by atoms with Crippen molar-refractivity contribution in [1.82, 2.24) is 5.16 Å². The summed E-state index contributed by atoms with van der Waals surface area (Å²) in [5.74, 6) is -0.896. The maximum atomic E-state index is 10.7. The average molecular weight is 333 g/mol. The van der Waals surface area contributed by atoms with E-state index in [4.69, 9.17) is 26.0 Å². The standard InChI is InChI=1S/C11H7BrClNO4/c1-17-8-3-5(13)2-6(10(8)12)7-4-9(11(15)16)18-14-7/h2-4H,1H3,(H,15,16). The highest BCUT2D eigenvalue weighted by Gasteiger charge is 2.17. The largest absolute Gasteiger partial charge is 0.495 e. The molecule has 0 fully saturated rings. The van der Waals surface area contributed by atoms with E-state index >= 15 is 0 Å². The van der Waals surface area contributed by atoms with Gasteiger partial charge in [-0.25, -0.2) is 4.79 Å². The molecule has 1 heterocycles. The van der Waals surface area contributed by atoms with E-state index in [2.05, 4.69) is 21.1 Å². The van der Waals surface area contributed by atoms with Crippen LogP contribution in [-0.4, -0.2) is 23.3 Å². The van der Waals surface area contributed by atoms with Crippen molar-refractivity contribution in [2.24, 2.45) is 0 Å². The SMILES string of the molecule is COc1cc(Cl)cc(-c2cc(C(=O)O)on2)c1Br. The van der Waals surface area contributed by atoms with Gasteiger partial charge in [0.1, 0.15) is 11.4 Å². The van der Waals surface area contributed by atoms with Gasteiger partial charge in [-0.15, -0.1) is 0 Å². The van der Waals surface area contributed by atoms with Crippen molar-refractivity contribution in [2.45, 2.75) is 0 Å². The fraction of sp³-hybridized carbons (Fsp3) is 0.0909. The Bertz CT molecular complexity index is 611. The molecule has 94 valence electrons. The summed E-state index contributed by atoms with van der Waals surface area (Å²) < 4.78 is 10.5. The number of aromatic nitrogens is 1. The van der Waals surface area contributed by atoms with Crippen molar-refractivity contribution in [2.75, 3.05) is 7.11 Å². The van der Waals surface area contributed by atoms with Crippen molar-refractivity contribution in [1.29, 1.82) is 0 Å². The summed E-state index contributed by atoms with van der Waals surface area (Å²) in [7, 11) is 1.51. The van der Waals surface area contributed by atoms with E-state index < -0.39 is 5.97 Å². The number of carboxylic acid groups (broad SMARTS) is 1. The molecule has 2 rings (SSSR count). The van der Waals surface area contributed by atoms with Crippen molar-refractivity contribution in [3.05, 3.63) is 33.5 Å². The fourth-order valence-electron chi connectivity index (χ4n) is 1.40. The normalized spacial score (nSPS) is 10.4. The zero-order valence-electron chi connectivity index (χ0n) is 9.11. The molecule has 0 aliphatic carbocycles. The Hall–Kier alpha value is -1.53. The molecule has 0 bridgehead atoms. The van der Waals surface area contributed by atoms with E-state index in [9.17, 15) is 4.79 Å². The summed E-state index contributed by atoms with van der Waals surface area (Å²) in [5.41, 5.74) is 0.954. The molecule has 0 saturated heterocycles. The van der Waals surface area contributed by atoms with Crippen molar-refractivity contribution in [3.8, 4) is 17.0 Å². The van der Waals surface area contributed by atoms with Gasteiger partial charge in [-0.2, -0.15) is 0 Å². The van der Waals surface area contributed by atoms with Crippen LogP contribution in [0.4, 0.5) is 0 Å².